The summed E-state index contributed by atoms with van der Waals surface area (Å²) in [6.45, 7) is 5.04. The molecule has 5 nitrogen and oxygen atoms in total. The Hall–Kier alpha value is -0.880. The van der Waals surface area contributed by atoms with Gasteiger partial charge in [-0.25, -0.2) is 0 Å². The Balaban J connectivity index is 5.33. The second-order valence-corrected chi connectivity index (χ2v) is 5.10. The summed E-state index contributed by atoms with van der Waals surface area (Å²) in [5.41, 5.74) is 4.24. The third-order valence-corrected chi connectivity index (χ3v) is 1.96. The minimum Gasteiger partial charge on any atom is -0.365 e. The maximum absolute atomic E-state index is 10.6. The van der Waals surface area contributed by atoms with Crippen molar-refractivity contribution in [1.29, 1.82) is 0 Å². The smallest absolute Gasteiger partial charge is 0.299 e. The highest BCUT2D eigenvalue weighted by atomic mass is 32.2. The Morgan fingerprint density at radius 2 is 1.77 bits per heavy atom. The SMILES string of the molecule is CC(C)(C)/C=C(\C(N)=O)S(=O)(=O)O. The van der Waals surface area contributed by atoms with Gasteiger partial charge in [0.15, 0.2) is 4.91 Å². The summed E-state index contributed by atoms with van der Waals surface area (Å²) in [5, 5.41) is 0. The Morgan fingerprint density at radius 3 is 1.85 bits per heavy atom. The summed E-state index contributed by atoms with van der Waals surface area (Å²) in [6.07, 6.45) is 1.12. The van der Waals surface area contributed by atoms with Crippen LogP contribution in [0.3, 0.4) is 0 Å². The molecule has 0 saturated carbocycles. The molecule has 0 rings (SSSR count). The quantitative estimate of drug-likeness (QED) is 0.502. The number of carbonyl (C=O) groups excluding carboxylic acids is 1. The van der Waals surface area contributed by atoms with Crippen LogP contribution in [0, 0.1) is 5.41 Å². The lowest BCUT2D eigenvalue weighted by Gasteiger charge is -2.12. The van der Waals surface area contributed by atoms with Crippen LogP contribution in [0.1, 0.15) is 20.8 Å². The first kappa shape index (κ1) is 12.1. The normalized spacial score (nSPS) is 14.3. The van der Waals surface area contributed by atoms with Gasteiger partial charge in [0.05, 0.1) is 0 Å². The molecule has 0 radical (unpaired) electrons. The molecule has 13 heavy (non-hydrogen) atoms. The molecule has 0 aromatic heterocycles. The highest BCUT2D eigenvalue weighted by Gasteiger charge is 2.22. The molecular weight excluding hydrogens is 194 g/mol. The van der Waals surface area contributed by atoms with Gasteiger partial charge in [-0.3, -0.25) is 9.35 Å². The van der Waals surface area contributed by atoms with Crippen LogP contribution in [0.2, 0.25) is 0 Å². The van der Waals surface area contributed by atoms with E-state index in [0.717, 1.165) is 6.08 Å². The molecule has 0 unspecified atom stereocenters. The summed E-state index contributed by atoms with van der Waals surface area (Å²) < 4.78 is 29.9. The van der Waals surface area contributed by atoms with E-state index in [4.69, 9.17) is 10.3 Å². The van der Waals surface area contributed by atoms with Gasteiger partial charge < -0.3 is 5.73 Å². The van der Waals surface area contributed by atoms with Gasteiger partial charge in [0.2, 0.25) is 0 Å². The molecule has 0 aliphatic carbocycles. The van der Waals surface area contributed by atoms with E-state index in [1.54, 1.807) is 20.8 Å². The third-order valence-electron chi connectivity index (χ3n) is 1.08. The van der Waals surface area contributed by atoms with Crippen molar-refractivity contribution in [3.8, 4) is 0 Å². The second-order valence-electron chi connectivity index (χ2n) is 3.71. The molecule has 0 aromatic carbocycles. The van der Waals surface area contributed by atoms with Gasteiger partial charge in [0, 0.05) is 0 Å². The van der Waals surface area contributed by atoms with E-state index in [0.29, 0.717) is 0 Å². The molecule has 0 atom stereocenters. The van der Waals surface area contributed by atoms with E-state index >= 15 is 0 Å². The highest BCUT2D eigenvalue weighted by molar-refractivity contribution is 7.90. The van der Waals surface area contributed by atoms with Crippen LogP contribution in [0.4, 0.5) is 0 Å². The van der Waals surface area contributed by atoms with Crippen molar-refractivity contribution in [3.05, 3.63) is 11.0 Å². The average Bonchev–Trinajstić information content (AvgIpc) is 1.77. The number of rotatable bonds is 2. The molecule has 0 spiro atoms. The summed E-state index contributed by atoms with van der Waals surface area (Å²) in [7, 11) is -4.51. The highest BCUT2D eigenvalue weighted by Crippen LogP contribution is 2.19. The van der Waals surface area contributed by atoms with Crippen molar-refractivity contribution in [1.82, 2.24) is 0 Å². The van der Waals surface area contributed by atoms with Gasteiger partial charge in [-0.2, -0.15) is 8.42 Å². The Morgan fingerprint density at radius 1 is 1.38 bits per heavy atom. The molecule has 0 heterocycles. The number of primary amides is 1. The topological polar surface area (TPSA) is 97.5 Å². The predicted octanol–water partition coefficient (Wildman–Crippen LogP) is 0.290. The first-order valence-electron chi connectivity index (χ1n) is 3.54. The van der Waals surface area contributed by atoms with Crippen molar-refractivity contribution in [3.63, 3.8) is 0 Å². The van der Waals surface area contributed by atoms with Gasteiger partial charge in [0.25, 0.3) is 16.0 Å². The number of nitrogens with two attached hydrogens (primary N) is 1. The fraction of sp³-hybridized carbons (Fsp3) is 0.571. The number of amides is 1. The number of carbonyl (C=O) groups is 1. The van der Waals surface area contributed by atoms with Crippen molar-refractivity contribution in [2.45, 2.75) is 20.8 Å². The summed E-state index contributed by atoms with van der Waals surface area (Å²) in [6, 6.07) is 0. The zero-order valence-electron chi connectivity index (χ0n) is 7.73. The maximum Gasteiger partial charge on any atom is 0.299 e. The van der Waals surface area contributed by atoms with Crippen molar-refractivity contribution >= 4 is 16.0 Å². The van der Waals surface area contributed by atoms with E-state index in [1.807, 2.05) is 0 Å². The minimum atomic E-state index is -4.51. The third kappa shape index (κ3) is 4.64. The van der Waals surface area contributed by atoms with E-state index in [9.17, 15) is 13.2 Å². The van der Waals surface area contributed by atoms with Crippen LogP contribution < -0.4 is 5.73 Å². The van der Waals surface area contributed by atoms with Crippen LogP contribution in [0.25, 0.3) is 0 Å². The molecule has 1 amide bonds. The predicted molar refractivity (Wildman–Crippen MR) is 48.3 cm³/mol. The van der Waals surface area contributed by atoms with E-state index < -0.39 is 26.3 Å². The molecule has 0 aliphatic heterocycles. The largest absolute Gasteiger partial charge is 0.365 e. The Bertz CT molecular complexity index is 334. The van der Waals surface area contributed by atoms with Gasteiger partial charge in [-0.1, -0.05) is 26.8 Å². The lowest BCUT2D eigenvalue weighted by atomic mass is 9.96. The number of allylic oxidation sites excluding steroid dienone is 1. The van der Waals surface area contributed by atoms with Crippen LogP contribution in [-0.4, -0.2) is 18.9 Å². The zero-order chi connectivity index (χ0) is 10.9. The molecule has 0 fully saturated rings. The van der Waals surface area contributed by atoms with E-state index in [1.165, 1.54) is 0 Å². The van der Waals surface area contributed by atoms with Crippen LogP contribution in [0.15, 0.2) is 11.0 Å². The Labute approximate surface area is 77.4 Å². The van der Waals surface area contributed by atoms with Gasteiger partial charge >= 0.3 is 0 Å². The van der Waals surface area contributed by atoms with E-state index in [2.05, 4.69) is 0 Å². The van der Waals surface area contributed by atoms with E-state index in [-0.39, 0.29) is 0 Å². The summed E-state index contributed by atoms with van der Waals surface area (Å²) in [4.78, 5) is 9.87. The summed E-state index contributed by atoms with van der Waals surface area (Å²) >= 11 is 0. The molecule has 76 valence electrons. The number of hydrogen-bond donors (Lipinski definition) is 2. The first-order chi connectivity index (χ1) is 5.54. The van der Waals surface area contributed by atoms with Crippen LogP contribution in [0.5, 0.6) is 0 Å². The lowest BCUT2D eigenvalue weighted by Crippen LogP contribution is -2.22. The summed E-state index contributed by atoms with van der Waals surface area (Å²) in [5.74, 6) is -1.16. The zero-order valence-corrected chi connectivity index (χ0v) is 8.55. The van der Waals surface area contributed by atoms with Gasteiger partial charge in [-0.15, -0.1) is 0 Å². The molecule has 0 aromatic rings. The Kier molecular flexibility index (Phi) is 3.23. The number of hydrogen-bond acceptors (Lipinski definition) is 3. The molecular formula is C7H13NO4S. The van der Waals surface area contributed by atoms with Crippen LogP contribution in [-0.2, 0) is 14.9 Å². The second kappa shape index (κ2) is 3.47. The molecule has 6 heteroatoms. The molecule has 0 saturated heterocycles. The van der Waals surface area contributed by atoms with Crippen molar-refractivity contribution < 1.29 is 17.8 Å². The molecule has 0 aliphatic rings. The van der Waals surface area contributed by atoms with Crippen molar-refractivity contribution in [2.24, 2.45) is 11.1 Å². The average molecular weight is 207 g/mol. The fourth-order valence-corrected chi connectivity index (χ4v) is 1.42. The maximum atomic E-state index is 10.6. The molecule has 0 bridgehead atoms. The monoisotopic (exact) mass is 207 g/mol. The lowest BCUT2D eigenvalue weighted by molar-refractivity contribution is -0.114. The molecule has 3 N–H and O–H groups in total. The van der Waals surface area contributed by atoms with Crippen molar-refractivity contribution in [2.75, 3.05) is 0 Å². The van der Waals surface area contributed by atoms with Gasteiger partial charge in [-0.05, 0) is 5.41 Å². The van der Waals surface area contributed by atoms with Crippen LogP contribution >= 0.6 is 0 Å². The standard InChI is InChI=1S/C7H13NO4S/c1-7(2,3)4-5(6(8)9)13(10,11)12/h4H,1-3H3,(H2,8,9)(H,10,11,12)/b5-4+. The minimum absolute atomic E-state index is 0.542. The van der Waals surface area contributed by atoms with Gasteiger partial charge in [0.1, 0.15) is 0 Å². The fourth-order valence-electron chi connectivity index (χ4n) is 0.666. The first-order valence-corrected chi connectivity index (χ1v) is 4.98.